The number of alkyl halides is 2. The quantitative estimate of drug-likeness (QED) is 0.0249. The second kappa shape index (κ2) is 40.4. The van der Waals surface area contributed by atoms with Gasteiger partial charge in [-0.3, -0.25) is 72.7 Å². The molecule has 3 aliphatic rings. The highest BCUT2D eigenvalue weighted by Crippen LogP contribution is 2.32. The third-order valence-corrected chi connectivity index (χ3v) is 17.6. The number of nitrogens with zero attached hydrogens (tertiary/aromatic N) is 8. The summed E-state index contributed by atoms with van der Waals surface area (Å²) in [7, 11) is 1.45. The summed E-state index contributed by atoms with van der Waals surface area (Å²) >= 11 is 2.25. The molecular formula is C65H93F2IN12O14. The number of rotatable bonds is 36. The highest BCUT2D eigenvalue weighted by molar-refractivity contribution is 14.1. The van der Waals surface area contributed by atoms with E-state index >= 15 is 0 Å². The molecule has 518 valence electrons. The molecule has 0 spiro atoms. The number of benzene rings is 2. The summed E-state index contributed by atoms with van der Waals surface area (Å²) in [6.45, 7) is 1.94. The molecule has 0 radical (unpaired) electrons. The van der Waals surface area contributed by atoms with Gasteiger partial charge in [-0.1, -0.05) is 25.0 Å². The normalized spacial score (nSPS) is 17.6. The predicted octanol–water partition coefficient (Wildman–Crippen LogP) is 3.48. The minimum atomic E-state index is -3.04. The summed E-state index contributed by atoms with van der Waals surface area (Å²) in [6, 6.07) is 13.0. The van der Waals surface area contributed by atoms with Crippen molar-refractivity contribution < 1.29 is 76.7 Å². The van der Waals surface area contributed by atoms with Crippen molar-refractivity contribution in [3.05, 3.63) is 69.4 Å². The summed E-state index contributed by atoms with van der Waals surface area (Å²) in [5.74, 6) is -7.39. The number of carbonyl (C=O) groups is 9. The molecule has 3 aliphatic heterocycles. The van der Waals surface area contributed by atoms with Gasteiger partial charge in [-0.15, -0.1) is 0 Å². The van der Waals surface area contributed by atoms with Crippen LogP contribution < -0.4 is 26.0 Å². The van der Waals surface area contributed by atoms with Crippen LogP contribution in [0.4, 0.5) is 8.78 Å². The number of aliphatic imine (C=N–C) groups is 1. The summed E-state index contributed by atoms with van der Waals surface area (Å²) in [6.07, 6.45) is 10.9. The van der Waals surface area contributed by atoms with Crippen molar-refractivity contribution in [1.82, 2.24) is 55.7 Å². The number of nitrogens with one attached hydrogen (secondary N) is 4. The van der Waals surface area contributed by atoms with Crippen molar-refractivity contribution in [1.29, 1.82) is 0 Å². The number of aromatic nitrogens is 1. The number of carboxylic acid groups (broad SMARTS) is 3. The molecule has 3 saturated heterocycles. The number of carbonyl (C=O) groups excluding carboxylic acids is 6. The molecule has 4 heterocycles. The number of aryl methyl sites for hydroxylation is 1. The van der Waals surface area contributed by atoms with Gasteiger partial charge < -0.3 is 55.9 Å². The van der Waals surface area contributed by atoms with Crippen molar-refractivity contribution in [3.63, 3.8) is 0 Å². The number of hydrogen-bond donors (Lipinski definition) is 7. The molecule has 0 saturated carbocycles. The number of piperidine rings is 1. The van der Waals surface area contributed by atoms with E-state index in [4.69, 9.17) is 9.47 Å². The molecule has 2 aromatic carbocycles. The lowest BCUT2D eigenvalue weighted by Crippen LogP contribution is -2.52. The van der Waals surface area contributed by atoms with Crippen LogP contribution in [0.25, 0.3) is 10.9 Å². The van der Waals surface area contributed by atoms with E-state index in [1.54, 1.807) is 37.8 Å². The van der Waals surface area contributed by atoms with Crippen LogP contribution in [-0.4, -0.2) is 272 Å². The van der Waals surface area contributed by atoms with Crippen molar-refractivity contribution in [2.75, 3.05) is 145 Å². The topological polar surface area (TPSA) is 326 Å². The number of halogens is 3. The molecule has 0 aliphatic carbocycles. The number of fused-ring (bicyclic) bond motifs is 1. The van der Waals surface area contributed by atoms with Gasteiger partial charge in [-0.05, 0) is 128 Å². The van der Waals surface area contributed by atoms with Crippen molar-refractivity contribution in [2.45, 2.75) is 108 Å². The Kier molecular flexibility index (Phi) is 32.6. The molecule has 0 unspecified atom stereocenters. The van der Waals surface area contributed by atoms with Crippen LogP contribution in [0.15, 0.2) is 59.7 Å². The molecular weight excluding hydrogens is 1340 g/mol. The van der Waals surface area contributed by atoms with Crippen LogP contribution in [-0.2, 0) is 49.5 Å². The average molecular weight is 1430 g/mol. The third kappa shape index (κ3) is 28.1. The number of ether oxygens (including phenoxy) is 2. The van der Waals surface area contributed by atoms with E-state index in [-0.39, 0.29) is 129 Å². The Hall–Kier alpha value is -7.06. The predicted molar refractivity (Wildman–Crippen MR) is 355 cm³/mol. The first-order valence-corrected chi connectivity index (χ1v) is 33.6. The van der Waals surface area contributed by atoms with Crippen LogP contribution in [0.1, 0.15) is 99.4 Å². The minimum absolute atomic E-state index is 0.0772. The van der Waals surface area contributed by atoms with E-state index in [0.717, 1.165) is 52.6 Å². The molecule has 6 rings (SSSR count). The fourth-order valence-corrected chi connectivity index (χ4v) is 12.1. The summed E-state index contributed by atoms with van der Waals surface area (Å²) in [5.41, 5.74) is 1.96. The monoisotopic (exact) mass is 1430 g/mol. The fourth-order valence-electron chi connectivity index (χ4n) is 11.7. The maximum absolute atomic E-state index is 14.1. The minimum Gasteiger partial charge on any atom is -0.494 e. The fraction of sp³-hybridized carbons (Fsp3) is 0.615. The van der Waals surface area contributed by atoms with Gasteiger partial charge in [0.15, 0.2) is 0 Å². The van der Waals surface area contributed by atoms with Gasteiger partial charge in [-0.2, -0.15) is 0 Å². The molecule has 2 atom stereocenters. The Bertz CT molecular complexity index is 2970. The lowest BCUT2D eigenvalue weighted by Gasteiger charge is -2.33. The van der Waals surface area contributed by atoms with E-state index in [1.807, 2.05) is 29.2 Å². The second-order valence-electron chi connectivity index (χ2n) is 24.2. The number of unbranched alkanes of at least 4 members (excludes halogenated alkanes) is 3. The lowest BCUT2D eigenvalue weighted by molar-refractivity contribution is -0.140. The first-order valence-electron chi connectivity index (χ1n) is 32.5. The molecule has 1 aromatic heterocycles. The molecule has 94 heavy (non-hydrogen) atoms. The molecule has 0 bridgehead atoms. The highest BCUT2D eigenvalue weighted by atomic mass is 127. The Morgan fingerprint density at radius 3 is 1.96 bits per heavy atom. The van der Waals surface area contributed by atoms with Crippen molar-refractivity contribution in [3.8, 4) is 5.75 Å². The van der Waals surface area contributed by atoms with Gasteiger partial charge in [0, 0.05) is 133 Å². The maximum Gasteiger partial charge on any atom is 0.317 e. The van der Waals surface area contributed by atoms with Crippen LogP contribution in [0.2, 0.25) is 0 Å². The van der Waals surface area contributed by atoms with Crippen LogP contribution >= 0.6 is 22.6 Å². The highest BCUT2D eigenvalue weighted by Gasteiger charge is 2.46. The zero-order valence-corrected chi connectivity index (χ0v) is 56.0. The van der Waals surface area contributed by atoms with Gasteiger partial charge in [-0.25, -0.2) is 8.78 Å². The Morgan fingerprint density at radius 1 is 0.691 bits per heavy atom. The van der Waals surface area contributed by atoms with Crippen molar-refractivity contribution >= 4 is 93.1 Å². The van der Waals surface area contributed by atoms with E-state index in [2.05, 4.69) is 53.8 Å². The lowest BCUT2D eigenvalue weighted by atomic mass is 9.91. The van der Waals surface area contributed by atoms with Gasteiger partial charge in [0.1, 0.15) is 11.8 Å². The zero-order valence-electron chi connectivity index (χ0n) is 53.8. The van der Waals surface area contributed by atoms with E-state index in [0.29, 0.717) is 80.8 Å². The molecule has 3 fully saturated rings. The average Bonchev–Trinajstić information content (AvgIpc) is 1.44. The maximum atomic E-state index is 14.1. The summed E-state index contributed by atoms with van der Waals surface area (Å²) in [4.78, 5) is 133. The van der Waals surface area contributed by atoms with Gasteiger partial charge in [0.25, 0.3) is 11.8 Å². The molecule has 7 N–H and O–H groups in total. The van der Waals surface area contributed by atoms with E-state index < -0.39 is 79.1 Å². The standard InChI is InChI=1S/C65H93F2IN12O14/c1-69-40-50-39-65(66,67)46-80(50)59(84)41-73-63(91)52-18-23-70-54-17-16-51(38-53(52)54)94-35-6-4-8-48-19-25-79(26-20-48)58(83)11-3-2-5-22-72-64(92)55(21-36-93-37-24-71-56(81)10-7-9-47-12-14-49(68)15-13-47)74-57(82)42-75-27-29-76(43-60(85)86)31-33-78(45-62(89)90)34-32-77(30-28-75)44-61(87)88/h12-18,23,38,40,48,50,55H,2-11,19-22,24-37,39,41-46H2,1H3,(H,71,81)(H,72,92)(H,73,91)(H,74,82)(H,85,86)(H,87,88)(H,89,90)/t50-,55+/m1/s1. The zero-order chi connectivity index (χ0) is 67.8. The van der Waals surface area contributed by atoms with Gasteiger partial charge >= 0.3 is 17.9 Å². The summed E-state index contributed by atoms with van der Waals surface area (Å²) < 4.78 is 41.3. The van der Waals surface area contributed by atoms with E-state index in [1.165, 1.54) is 25.5 Å². The number of likely N-dealkylation sites (tertiary alicyclic amines) is 2. The third-order valence-electron chi connectivity index (χ3n) is 16.8. The van der Waals surface area contributed by atoms with Gasteiger partial charge in [0.05, 0.1) is 69.6 Å². The van der Waals surface area contributed by atoms with Crippen LogP contribution in [0.3, 0.4) is 0 Å². The first-order chi connectivity index (χ1) is 45.1. The van der Waals surface area contributed by atoms with Gasteiger partial charge in [0.2, 0.25) is 29.5 Å². The Morgan fingerprint density at radius 2 is 1.33 bits per heavy atom. The largest absolute Gasteiger partial charge is 0.494 e. The number of aliphatic carboxylic acids is 3. The van der Waals surface area contributed by atoms with E-state index in [9.17, 15) is 67.3 Å². The number of hydrogen-bond acceptors (Lipinski definition) is 17. The van der Waals surface area contributed by atoms with Crippen LogP contribution in [0, 0.1) is 9.49 Å². The van der Waals surface area contributed by atoms with Crippen LogP contribution in [0.5, 0.6) is 5.75 Å². The molecule has 29 heteroatoms. The number of carboxylic acids is 3. The first kappa shape index (κ1) is 76.0. The molecule has 26 nitrogen and oxygen atoms in total. The SMILES string of the molecule is CN=C[C@H]1CC(F)(F)CN1C(=O)CNC(=O)c1ccnc2ccc(OCCCCC3CCN(C(=O)CCCCCNC(=O)[C@H](CCOCCNC(=O)CCCc4ccc(I)cc4)NC(=O)CN4CCN(CC(=O)O)CCN(CC(=O)O)CCN(CC(=O)O)CC4)CC3)cc12. The summed E-state index contributed by atoms with van der Waals surface area (Å²) in [5, 5.41) is 40.6. The number of amides is 6. The number of pyridine rings is 1. The second-order valence-corrected chi connectivity index (χ2v) is 25.4. The van der Waals surface area contributed by atoms with Crippen molar-refractivity contribution in [2.24, 2.45) is 10.9 Å². The Labute approximate surface area is 561 Å². The molecule has 6 amide bonds. The Balaban J connectivity index is 0.906. The molecule has 3 aromatic rings. The smallest absolute Gasteiger partial charge is 0.317 e.